The van der Waals surface area contributed by atoms with Crippen molar-refractivity contribution < 1.29 is 22.3 Å². The van der Waals surface area contributed by atoms with E-state index in [9.17, 15) is 13.2 Å². The number of rotatable bonds is 6. The van der Waals surface area contributed by atoms with Crippen LogP contribution in [0.1, 0.15) is 5.76 Å². The van der Waals surface area contributed by atoms with E-state index in [1.54, 1.807) is 49.4 Å². The Kier molecular flexibility index (Phi) is 5.55. The molecule has 0 bridgehead atoms. The van der Waals surface area contributed by atoms with Gasteiger partial charge >= 0.3 is 5.63 Å². The van der Waals surface area contributed by atoms with Crippen molar-refractivity contribution in [2.45, 2.75) is 17.9 Å². The summed E-state index contributed by atoms with van der Waals surface area (Å²) in [5.74, 6) is 1.76. The van der Waals surface area contributed by atoms with Crippen LogP contribution in [0.2, 0.25) is 5.02 Å². The van der Waals surface area contributed by atoms with Gasteiger partial charge < -0.3 is 13.9 Å². The minimum atomic E-state index is -3.65. The number of ether oxygens (including phenoxy) is 2. The van der Waals surface area contributed by atoms with Gasteiger partial charge in [-0.05, 0) is 43.3 Å². The van der Waals surface area contributed by atoms with Gasteiger partial charge in [0.1, 0.15) is 29.1 Å². The lowest BCUT2D eigenvalue weighted by Crippen LogP contribution is -2.55. The van der Waals surface area contributed by atoms with Gasteiger partial charge in [0.05, 0.1) is 29.1 Å². The minimum absolute atomic E-state index is 0.156. The molecule has 0 spiro atoms. The van der Waals surface area contributed by atoms with Gasteiger partial charge in [0.2, 0.25) is 10.0 Å². The Labute approximate surface area is 178 Å². The fourth-order valence-corrected chi connectivity index (χ4v) is 4.67. The normalized spacial score (nSPS) is 14.9. The zero-order valence-electron chi connectivity index (χ0n) is 15.9. The minimum Gasteiger partial charge on any atom is -0.487 e. The summed E-state index contributed by atoms with van der Waals surface area (Å²) in [6.45, 7) is 2.03. The van der Waals surface area contributed by atoms with Crippen molar-refractivity contribution in [2.75, 3.05) is 13.1 Å². The van der Waals surface area contributed by atoms with Gasteiger partial charge in [-0.15, -0.1) is 0 Å². The van der Waals surface area contributed by atoms with Crippen LogP contribution in [0.4, 0.5) is 0 Å². The Balaban J connectivity index is 1.39. The highest BCUT2D eigenvalue weighted by Gasteiger charge is 2.38. The molecule has 0 aliphatic carbocycles. The Hall–Kier alpha value is -2.81. The van der Waals surface area contributed by atoms with Crippen molar-refractivity contribution in [3.8, 4) is 17.2 Å². The van der Waals surface area contributed by atoms with Crippen molar-refractivity contribution in [3.05, 3.63) is 81.9 Å². The predicted octanol–water partition coefficient (Wildman–Crippen LogP) is 3.85. The maximum absolute atomic E-state index is 12.8. The number of nitrogens with zero attached hydrogens (tertiary/aromatic N) is 1. The summed E-state index contributed by atoms with van der Waals surface area (Å²) in [7, 11) is -3.65. The number of hydrogen-bond donors (Lipinski definition) is 0. The highest BCUT2D eigenvalue weighted by atomic mass is 35.5. The summed E-state index contributed by atoms with van der Waals surface area (Å²) in [5, 5.41) is 0.465. The molecule has 0 saturated carbocycles. The summed E-state index contributed by atoms with van der Waals surface area (Å²) in [5.41, 5.74) is -0.507. The van der Waals surface area contributed by atoms with Gasteiger partial charge in [0.25, 0.3) is 0 Å². The van der Waals surface area contributed by atoms with Gasteiger partial charge in [-0.25, -0.2) is 13.2 Å². The molecule has 7 nitrogen and oxygen atoms in total. The molecule has 0 radical (unpaired) electrons. The molecule has 0 unspecified atom stereocenters. The molecule has 1 fully saturated rings. The van der Waals surface area contributed by atoms with Crippen LogP contribution in [-0.2, 0) is 10.0 Å². The molecule has 9 heteroatoms. The SMILES string of the molecule is Cc1cc(OC2CN(S(=O)(=O)c3ccc(Oc4ccccc4Cl)cc3)C2)cc(=O)o1. The van der Waals surface area contributed by atoms with Gasteiger partial charge in [0, 0.05) is 6.07 Å². The molecule has 30 heavy (non-hydrogen) atoms. The summed E-state index contributed by atoms with van der Waals surface area (Å²) < 4.78 is 43.1. The Bertz CT molecular complexity index is 1220. The second-order valence-electron chi connectivity index (χ2n) is 6.79. The third-order valence-corrected chi connectivity index (χ3v) is 6.67. The Morgan fingerprint density at radius 3 is 2.40 bits per heavy atom. The number of aryl methyl sites for hydroxylation is 1. The zero-order valence-corrected chi connectivity index (χ0v) is 17.5. The van der Waals surface area contributed by atoms with E-state index in [0.29, 0.717) is 28.0 Å². The highest BCUT2D eigenvalue weighted by Crippen LogP contribution is 2.30. The first-order valence-corrected chi connectivity index (χ1v) is 10.9. The highest BCUT2D eigenvalue weighted by molar-refractivity contribution is 7.89. The van der Waals surface area contributed by atoms with Crippen LogP contribution < -0.4 is 15.1 Å². The van der Waals surface area contributed by atoms with E-state index in [2.05, 4.69) is 0 Å². The number of halogens is 1. The lowest BCUT2D eigenvalue weighted by atomic mass is 10.2. The van der Waals surface area contributed by atoms with Gasteiger partial charge in [-0.3, -0.25) is 0 Å². The molecule has 3 aromatic rings. The second-order valence-corrected chi connectivity index (χ2v) is 9.13. The van der Waals surface area contributed by atoms with Crippen LogP contribution in [0.3, 0.4) is 0 Å². The Morgan fingerprint density at radius 1 is 1.03 bits per heavy atom. The monoisotopic (exact) mass is 447 g/mol. The molecule has 0 atom stereocenters. The molecular weight excluding hydrogens is 430 g/mol. The third-order valence-electron chi connectivity index (χ3n) is 4.51. The average molecular weight is 448 g/mol. The van der Waals surface area contributed by atoms with Crippen LogP contribution in [0.5, 0.6) is 17.2 Å². The molecule has 1 aliphatic rings. The van der Waals surface area contributed by atoms with Crippen molar-refractivity contribution in [3.63, 3.8) is 0 Å². The van der Waals surface area contributed by atoms with Crippen LogP contribution in [0.15, 0.2) is 74.8 Å². The molecule has 2 aromatic carbocycles. The van der Waals surface area contributed by atoms with E-state index >= 15 is 0 Å². The molecular formula is C21H18ClNO6S. The summed E-state index contributed by atoms with van der Waals surface area (Å²) in [4.78, 5) is 11.6. The molecule has 0 N–H and O–H groups in total. The summed E-state index contributed by atoms with van der Waals surface area (Å²) in [6.07, 6.45) is -0.330. The first kappa shape index (κ1) is 20.5. The molecule has 1 aromatic heterocycles. The smallest absolute Gasteiger partial charge is 0.339 e. The second kappa shape index (κ2) is 8.14. The van der Waals surface area contributed by atoms with E-state index in [-0.39, 0.29) is 24.1 Å². The fourth-order valence-electron chi connectivity index (χ4n) is 2.99. The maximum Gasteiger partial charge on any atom is 0.339 e. The molecule has 156 valence electrons. The van der Waals surface area contributed by atoms with E-state index in [0.717, 1.165) is 0 Å². The number of para-hydroxylation sites is 1. The molecule has 1 aliphatic heterocycles. The topological polar surface area (TPSA) is 86.0 Å². The number of benzene rings is 2. The number of sulfonamides is 1. The van der Waals surface area contributed by atoms with Crippen LogP contribution in [0, 0.1) is 6.92 Å². The summed E-state index contributed by atoms with van der Waals surface area (Å²) in [6, 6.07) is 16.0. The van der Waals surface area contributed by atoms with Gasteiger partial charge in [-0.2, -0.15) is 4.31 Å². The quantitative estimate of drug-likeness (QED) is 0.570. The lowest BCUT2D eigenvalue weighted by molar-refractivity contribution is 0.0754. The molecule has 4 rings (SSSR count). The van der Waals surface area contributed by atoms with E-state index < -0.39 is 15.6 Å². The molecule has 0 amide bonds. The van der Waals surface area contributed by atoms with Crippen molar-refractivity contribution in [1.82, 2.24) is 4.31 Å². The van der Waals surface area contributed by atoms with Crippen LogP contribution in [0.25, 0.3) is 0 Å². The maximum atomic E-state index is 12.8. The van der Waals surface area contributed by atoms with Crippen molar-refractivity contribution in [2.24, 2.45) is 0 Å². The predicted molar refractivity (Wildman–Crippen MR) is 111 cm³/mol. The van der Waals surface area contributed by atoms with E-state index in [1.807, 2.05) is 0 Å². The largest absolute Gasteiger partial charge is 0.487 e. The van der Waals surface area contributed by atoms with Crippen molar-refractivity contribution >= 4 is 21.6 Å². The first-order chi connectivity index (χ1) is 14.3. The van der Waals surface area contributed by atoms with E-state index in [4.69, 9.17) is 25.5 Å². The number of hydrogen-bond acceptors (Lipinski definition) is 6. The van der Waals surface area contributed by atoms with Crippen LogP contribution >= 0.6 is 11.6 Å². The standard InChI is InChI=1S/C21H18ClNO6S/c1-14-10-16(11-21(24)27-14)28-17-12-23(13-17)30(25,26)18-8-6-15(7-9-18)29-20-5-3-2-4-19(20)22/h2-11,17H,12-13H2,1H3. The van der Waals surface area contributed by atoms with Crippen LogP contribution in [-0.4, -0.2) is 31.9 Å². The van der Waals surface area contributed by atoms with Gasteiger partial charge in [-0.1, -0.05) is 23.7 Å². The molecule has 1 saturated heterocycles. The Morgan fingerprint density at radius 2 is 1.73 bits per heavy atom. The van der Waals surface area contributed by atoms with E-state index in [1.165, 1.54) is 22.5 Å². The van der Waals surface area contributed by atoms with Crippen molar-refractivity contribution in [1.29, 1.82) is 0 Å². The summed E-state index contributed by atoms with van der Waals surface area (Å²) >= 11 is 6.07. The van der Waals surface area contributed by atoms with Gasteiger partial charge in [0.15, 0.2) is 0 Å². The fraction of sp³-hybridized carbons (Fsp3) is 0.190. The first-order valence-electron chi connectivity index (χ1n) is 9.12. The average Bonchev–Trinajstić information content (AvgIpc) is 2.66. The zero-order chi connectivity index (χ0) is 21.3. The lowest BCUT2D eigenvalue weighted by Gasteiger charge is -2.37. The molecule has 2 heterocycles. The third kappa shape index (κ3) is 4.35.